The van der Waals surface area contributed by atoms with Crippen molar-refractivity contribution < 1.29 is 9.52 Å². The number of benzene rings is 7. The summed E-state index contributed by atoms with van der Waals surface area (Å²) in [5, 5.41) is 25.4. The van der Waals surface area contributed by atoms with Crippen molar-refractivity contribution in [3.8, 4) is 44.6 Å². The number of phenolic OH excluding ortho intramolecular Hbond substituents is 1. The number of fused-ring (bicyclic) bond motifs is 5. The number of nitrogens with zero attached hydrogens (tertiary/aromatic N) is 3. The van der Waals surface area contributed by atoms with Gasteiger partial charge in [-0.25, -0.2) is 4.98 Å². The first-order valence-electron chi connectivity index (χ1n) is 19.2. The van der Waals surface area contributed by atoms with E-state index in [1.807, 2.05) is 66.7 Å². The molecule has 0 fully saturated rings. The van der Waals surface area contributed by atoms with Gasteiger partial charge in [0, 0.05) is 44.6 Å². The van der Waals surface area contributed by atoms with Crippen LogP contribution < -0.4 is 0 Å². The second kappa shape index (κ2) is 13.6. The lowest BCUT2D eigenvalue weighted by Crippen LogP contribution is -2.11. The predicted molar refractivity (Wildman–Crippen MR) is 238 cm³/mol. The number of hydrogen-bond acceptors (Lipinski definition) is 6. The lowest BCUT2D eigenvalue weighted by Gasteiger charge is -2.20. The minimum absolute atomic E-state index is 0.0799. The molecule has 0 aliphatic rings. The molecular formula is C51H41N3O2S. The lowest BCUT2D eigenvalue weighted by molar-refractivity contribution is 0.473. The summed E-state index contributed by atoms with van der Waals surface area (Å²) < 4.78 is 7.85. The second-order valence-corrected chi connectivity index (χ2v) is 17.8. The van der Waals surface area contributed by atoms with Crippen LogP contribution in [0.4, 0.5) is 5.69 Å². The summed E-state index contributed by atoms with van der Waals surface area (Å²) in [6.45, 7) is 13.2. The van der Waals surface area contributed by atoms with E-state index in [1.165, 1.54) is 5.56 Å². The normalized spacial score (nSPS) is 12.4. The van der Waals surface area contributed by atoms with Gasteiger partial charge in [-0.15, -0.1) is 11.3 Å². The van der Waals surface area contributed by atoms with Crippen LogP contribution in [0.25, 0.3) is 75.8 Å². The molecule has 0 atom stereocenters. The predicted octanol–water partition coefficient (Wildman–Crippen LogP) is 14.3. The number of phenols is 1. The highest BCUT2D eigenvalue weighted by Crippen LogP contribution is 2.47. The molecule has 2 heterocycles. The lowest BCUT2D eigenvalue weighted by atomic mass is 9.84. The Morgan fingerprint density at radius 3 is 2.16 bits per heavy atom. The van der Waals surface area contributed by atoms with E-state index in [-0.39, 0.29) is 16.6 Å². The Hall–Kier alpha value is -6.55. The maximum Gasteiger partial charge on any atom is 0.143 e. The van der Waals surface area contributed by atoms with Crippen LogP contribution >= 0.6 is 11.3 Å². The first-order valence-corrected chi connectivity index (χ1v) is 20.0. The zero-order chi connectivity index (χ0) is 39.6. The number of thiazole rings is 1. The van der Waals surface area contributed by atoms with Gasteiger partial charge in [-0.3, -0.25) is 4.99 Å². The molecule has 0 amide bonds. The van der Waals surface area contributed by atoms with Gasteiger partial charge in [-0.1, -0.05) is 114 Å². The van der Waals surface area contributed by atoms with Crippen molar-refractivity contribution in [1.29, 1.82) is 5.26 Å². The van der Waals surface area contributed by atoms with E-state index in [2.05, 4.69) is 102 Å². The summed E-state index contributed by atoms with van der Waals surface area (Å²) in [5.41, 5.74) is 11.7. The van der Waals surface area contributed by atoms with Crippen LogP contribution in [0.1, 0.15) is 63.8 Å². The van der Waals surface area contributed by atoms with Crippen molar-refractivity contribution in [2.45, 2.75) is 52.4 Å². The van der Waals surface area contributed by atoms with Gasteiger partial charge in [0.05, 0.1) is 27.5 Å². The monoisotopic (exact) mass is 759 g/mol. The number of para-hydroxylation sites is 1. The first kappa shape index (κ1) is 36.1. The molecule has 9 rings (SSSR count). The van der Waals surface area contributed by atoms with Crippen LogP contribution in [0.15, 0.2) is 137 Å². The summed E-state index contributed by atoms with van der Waals surface area (Å²) in [6, 6.07) is 45.3. The minimum atomic E-state index is -0.134. The largest absolute Gasteiger partial charge is 0.507 e. The molecule has 0 aliphatic carbocycles. The SMILES string of the molecule is CC(C)(C)c1ccc(O)c(C=Nc2c(-c3nc4c(-c5ccc(-c6ccc(C#N)cc6)c6c5oc5ccccc56)cc(C(C)(C)C)cc4s3)ccc3ccccc23)c1. The van der Waals surface area contributed by atoms with Crippen LogP contribution in [-0.4, -0.2) is 16.3 Å². The molecule has 0 radical (unpaired) electrons. The Labute approximate surface area is 336 Å². The van der Waals surface area contributed by atoms with Gasteiger partial charge in [-0.2, -0.15) is 5.26 Å². The molecule has 2 aromatic heterocycles. The molecule has 278 valence electrons. The third-order valence-corrected chi connectivity index (χ3v) is 11.9. The number of hydrogen-bond donors (Lipinski definition) is 1. The quantitative estimate of drug-likeness (QED) is 0.177. The molecule has 5 nitrogen and oxygen atoms in total. The summed E-state index contributed by atoms with van der Waals surface area (Å²) >= 11 is 1.67. The topological polar surface area (TPSA) is 82.4 Å². The highest BCUT2D eigenvalue weighted by Gasteiger charge is 2.24. The fourth-order valence-corrected chi connectivity index (χ4v) is 8.67. The fraction of sp³-hybridized carbons (Fsp3) is 0.157. The zero-order valence-corrected chi connectivity index (χ0v) is 33.6. The van der Waals surface area contributed by atoms with E-state index in [0.29, 0.717) is 11.1 Å². The molecule has 9 aromatic rings. The van der Waals surface area contributed by atoms with Gasteiger partial charge < -0.3 is 9.52 Å². The smallest absolute Gasteiger partial charge is 0.143 e. The van der Waals surface area contributed by atoms with Crippen LogP contribution in [0.3, 0.4) is 0 Å². The van der Waals surface area contributed by atoms with E-state index in [1.54, 1.807) is 23.6 Å². The van der Waals surface area contributed by atoms with Crippen LogP contribution in [0.5, 0.6) is 5.75 Å². The highest BCUT2D eigenvalue weighted by atomic mass is 32.1. The summed E-state index contributed by atoms with van der Waals surface area (Å²) in [5.74, 6) is 0.190. The van der Waals surface area contributed by atoms with Gasteiger partial charge in [-0.05, 0) is 93.1 Å². The third-order valence-electron chi connectivity index (χ3n) is 10.9. The zero-order valence-electron chi connectivity index (χ0n) is 32.8. The van der Waals surface area contributed by atoms with Crippen molar-refractivity contribution in [2.24, 2.45) is 4.99 Å². The number of aliphatic imine (C=N–C) groups is 1. The standard InChI is InChI=1S/C51H41N3O2S/c1-50(2,3)34-20-24-42(55)33(25-34)29-53-46-37-12-8-7-11-31(37)19-21-40(46)49-54-47-41(26-35(51(4,5)6)27-44(47)57-49)38-23-22-36(32-17-15-30(28-52)16-18-32)45-39-13-9-10-14-43(39)56-48(38)45/h7-27,29,55H,1-6H3. The molecule has 0 saturated heterocycles. The Bertz CT molecular complexity index is 3110. The van der Waals surface area contributed by atoms with E-state index >= 15 is 0 Å². The number of nitriles is 1. The number of aromatic nitrogens is 1. The highest BCUT2D eigenvalue weighted by molar-refractivity contribution is 7.21. The van der Waals surface area contributed by atoms with Crippen LogP contribution in [0.2, 0.25) is 0 Å². The Morgan fingerprint density at radius 2 is 1.40 bits per heavy atom. The molecule has 1 N–H and O–H groups in total. The number of furan rings is 1. The molecule has 0 aliphatic heterocycles. The molecule has 6 heteroatoms. The molecule has 0 bridgehead atoms. The minimum Gasteiger partial charge on any atom is -0.507 e. The van der Waals surface area contributed by atoms with Gasteiger partial charge in [0.25, 0.3) is 0 Å². The van der Waals surface area contributed by atoms with Crippen molar-refractivity contribution in [2.75, 3.05) is 0 Å². The maximum absolute atomic E-state index is 10.9. The average Bonchev–Trinajstić information content (AvgIpc) is 3.81. The van der Waals surface area contributed by atoms with E-state index in [4.69, 9.17) is 14.4 Å². The van der Waals surface area contributed by atoms with Gasteiger partial charge >= 0.3 is 0 Å². The van der Waals surface area contributed by atoms with Gasteiger partial charge in [0.1, 0.15) is 21.9 Å². The third kappa shape index (κ3) is 6.44. The Kier molecular flexibility index (Phi) is 8.60. The van der Waals surface area contributed by atoms with Crippen molar-refractivity contribution in [3.05, 3.63) is 150 Å². The maximum atomic E-state index is 10.9. The van der Waals surface area contributed by atoms with E-state index < -0.39 is 0 Å². The summed E-state index contributed by atoms with van der Waals surface area (Å²) in [4.78, 5) is 10.6. The molecule has 7 aromatic carbocycles. The number of aromatic hydroxyl groups is 1. The first-order chi connectivity index (χ1) is 27.4. The molecular weight excluding hydrogens is 719 g/mol. The van der Waals surface area contributed by atoms with Crippen molar-refractivity contribution in [1.82, 2.24) is 4.98 Å². The van der Waals surface area contributed by atoms with E-state index in [0.717, 1.165) is 87.0 Å². The fourth-order valence-electron chi connectivity index (χ4n) is 7.61. The average molecular weight is 760 g/mol. The second-order valence-electron chi connectivity index (χ2n) is 16.8. The van der Waals surface area contributed by atoms with Gasteiger partial charge in [0.2, 0.25) is 0 Å². The van der Waals surface area contributed by atoms with Crippen LogP contribution in [0, 0.1) is 11.3 Å². The Morgan fingerprint density at radius 1 is 0.702 bits per heavy atom. The molecule has 0 spiro atoms. The summed E-state index contributed by atoms with van der Waals surface area (Å²) in [7, 11) is 0. The Balaban J connectivity index is 1.27. The number of rotatable bonds is 5. The van der Waals surface area contributed by atoms with E-state index in [9.17, 15) is 10.4 Å². The summed E-state index contributed by atoms with van der Waals surface area (Å²) in [6.07, 6.45) is 1.78. The van der Waals surface area contributed by atoms with Gasteiger partial charge in [0.15, 0.2) is 0 Å². The molecule has 0 unspecified atom stereocenters. The van der Waals surface area contributed by atoms with Crippen LogP contribution in [-0.2, 0) is 10.8 Å². The van der Waals surface area contributed by atoms with Crippen molar-refractivity contribution >= 4 is 66.2 Å². The molecule has 57 heavy (non-hydrogen) atoms. The molecule has 0 saturated carbocycles. The van der Waals surface area contributed by atoms with Crippen molar-refractivity contribution in [3.63, 3.8) is 0 Å².